The van der Waals surface area contributed by atoms with Crippen LogP contribution < -0.4 is 0 Å². The summed E-state index contributed by atoms with van der Waals surface area (Å²) in [6.07, 6.45) is 2.49. The van der Waals surface area contributed by atoms with E-state index in [1.54, 1.807) is 0 Å². The zero-order valence-electron chi connectivity index (χ0n) is 10.9. The average Bonchev–Trinajstić information content (AvgIpc) is 2.04. The fraction of sp³-hybridized carbons (Fsp3) is 1.00. The highest BCUT2D eigenvalue weighted by atomic mass is 14.3. The number of rotatable bonds is 6. The smallest absolute Gasteiger partial charge is 0.0699 e. The van der Waals surface area contributed by atoms with Gasteiger partial charge in [0.2, 0.25) is 0 Å². The Morgan fingerprint density at radius 1 is 0.857 bits per heavy atom. The summed E-state index contributed by atoms with van der Waals surface area (Å²) in [6.45, 7) is 13.8. The second-order valence-corrected chi connectivity index (χ2v) is 5.11. The molecule has 0 aromatic rings. The molecule has 0 N–H and O–H groups in total. The highest BCUT2D eigenvalue weighted by molar-refractivity contribution is 6.11. The Balaban J connectivity index is 4.44. The fourth-order valence-electron chi connectivity index (χ4n) is 2.99. The van der Waals surface area contributed by atoms with E-state index in [2.05, 4.69) is 41.5 Å². The molecule has 0 heterocycles. The highest BCUT2D eigenvalue weighted by Crippen LogP contribution is 2.36. The maximum absolute atomic E-state index is 6.04. The molecule has 0 aromatic heterocycles. The van der Waals surface area contributed by atoms with Gasteiger partial charge in [-0.1, -0.05) is 60.2 Å². The van der Waals surface area contributed by atoms with Crippen molar-refractivity contribution < 1.29 is 0 Å². The first-order valence-electron chi connectivity index (χ1n) is 6.21. The van der Waals surface area contributed by atoms with Gasteiger partial charge in [-0.05, 0) is 23.7 Å². The maximum Gasteiger partial charge on any atom is 0.0699 e. The van der Waals surface area contributed by atoms with Gasteiger partial charge in [0.15, 0.2) is 0 Å². The zero-order chi connectivity index (χ0) is 11.3. The molecule has 4 atom stereocenters. The Kier molecular flexibility index (Phi) is 6.56. The topological polar surface area (TPSA) is 0 Å². The first-order chi connectivity index (χ1) is 6.45. The summed E-state index contributed by atoms with van der Waals surface area (Å²) in [5.41, 5.74) is 0. The molecule has 14 heavy (non-hydrogen) atoms. The van der Waals surface area contributed by atoms with E-state index in [1.165, 1.54) is 12.8 Å². The van der Waals surface area contributed by atoms with E-state index in [0.29, 0.717) is 11.7 Å². The minimum absolute atomic E-state index is 0.336. The summed E-state index contributed by atoms with van der Waals surface area (Å²) < 4.78 is 0. The van der Waals surface area contributed by atoms with Gasteiger partial charge in [-0.2, -0.15) is 0 Å². The van der Waals surface area contributed by atoms with Gasteiger partial charge in [0.1, 0.15) is 0 Å². The third-order valence-corrected chi connectivity index (χ3v) is 3.83. The van der Waals surface area contributed by atoms with E-state index >= 15 is 0 Å². The molecule has 0 amide bonds. The molecule has 0 saturated heterocycles. The van der Waals surface area contributed by atoms with Crippen LogP contribution in [-0.2, 0) is 0 Å². The lowest BCUT2D eigenvalue weighted by atomic mass is 9.65. The third kappa shape index (κ3) is 3.67. The molecule has 0 nitrogen and oxygen atoms in total. The largest absolute Gasteiger partial charge is 0.0771 e. The summed E-state index contributed by atoms with van der Waals surface area (Å²) in [6, 6.07) is 0. The second-order valence-electron chi connectivity index (χ2n) is 5.11. The number of hydrogen-bond acceptors (Lipinski definition) is 0. The van der Waals surface area contributed by atoms with Crippen LogP contribution in [0.5, 0.6) is 0 Å². The molecular formula is C13H27B. The van der Waals surface area contributed by atoms with Gasteiger partial charge >= 0.3 is 0 Å². The minimum atomic E-state index is 0.336. The second kappa shape index (κ2) is 6.53. The summed E-state index contributed by atoms with van der Waals surface area (Å²) in [4.78, 5) is 0. The molecule has 0 aliphatic carbocycles. The Hall–Kier alpha value is 0.0649. The van der Waals surface area contributed by atoms with E-state index in [1.807, 2.05) is 0 Å². The minimum Gasteiger partial charge on any atom is -0.0771 e. The van der Waals surface area contributed by atoms with Crippen molar-refractivity contribution in [1.82, 2.24) is 0 Å². The third-order valence-electron chi connectivity index (χ3n) is 3.83. The molecule has 0 bridgehead atoms. The predicted molar refractivity (Wildman–Crippen MR) is 66.7 cm³/mol. The van der Waals surface area contributed by atoms with E-state index in [0.717, 1.165) is 17.8 Å². The van der Waals surface area contributed by atoms with Crippen molar-refractivity contribution >= 4 is 7.85 Å². The molecule has 0 aromatic carbocycles. The lowest BCUT2D eigenvalue weighted by molar-refractivity contribution is 0.180. The zero-order valence-corrected chi connectivity index (χ0v) is 10.9. The van der Waals surface area contributed by atoms with Crippen molar-refractivity contribution in [2.24, 2.45) is 23.7 Å². The first-order valence-corrected chi connectivity index (χ1v) is 6.21. The van der Waals surface area contributed by atoms with Crippen molar-refractivity contribution in [2.75, 3.05) is 0 Å². The maximum atomic E-state index is 6.04. The fourth-order valence-corrected chi connectivity index (χ4v) is 2.99. The van der Waals surface area contributed by atoms with Gasteiger partial charge in [0.25, 0.3) is 0 Å². The van der Waals surface area contributed by atoms with Gasteiger partial charge in [-0.15, -0.1) is 0 Å². The van der Waals surface area contributed by atoms with E-state index in [4.69, 9.17) is 7.85 Å². The van der Waals surface area contributed by atoms with E-state index in [-0.39, 0.29) is 0 Å². The quantitative estimate of drug-likeness (QED) is 0.553. The molecule has 0 rings (SSSR count). The molecule has 4 unspecified atom stereocenters. The lowest BCUT2D eigenvalue weighted by Crippen LogP contribution is -2.26. The molecule has 2 radical (unpaired) electrons. The average molecular weight is 194 g/mol. The lowest BCUT2D eigenvalue weighted by Gasteiger charge is -2.35. The van der Waals surface area contributed by atoms with Crippen LogP contribution in [0.1, 0.15) is 54.4 Å². The van der Waals surface area contributed by atoms with Gasteiger partial charge in [0.05, 0.1) is 7.85 Å². The summed E-state index contributed by atoms with van der Waals surface area (Å²) in [5.74, 6) is 3.38. The van der Waals surface area contributed by atoms with Crippen molar-refractivity contribution in [3.63, 3.8) is 0 Å². The van der Waals surface area contributed by atoms with Crippen LogP contribution >= 0.6 is 0 Å². The first kappa shape index (κ1) is 14.1. The molecule has 0 aliphatic rings. The van der Waals surface area contributed by atoms with Crippen LogP contribution in [0.25, 0.3) is 0 Å². The molecule has 0 fully saturated rings. The van der Waals surface area contributed by atoms with Crippen LogP contribution in [0, 0.1) is 23.7 Å². The molecule has 82 valence electrons. The van der Waals surface area contributed by atoms with E-state index in [9.17, 15) is 0 Å². The Bertz CT molecular complexity index is 124. The van der Waals surface area contributed by atoms with Crippen molar-refractivity contribution in [3.8, 4) is 0 Å². The van der Waals surface area contributed by atoms with Crippen molar-refractivity contribution in [1.29, 1.82) is 0 Å². The standard InChI is InChI=1S/C13H27B/c1-7-12(9(3)4)10(5)13(8-2)11(6)14/h9-13H,7-8H2,1-6H3. The van der Waals surface area contributed by atoms with Crippen LogP contribution in [-0.4, -0.2) is 7.85 Å². The highest BCUT2D eigenvalue weighted by Gasteiger charge is 2.26. The number of hydrogen-bond donors (Lipinski definition) is 0. The van der Waals surface area contributed by atoms with Crippen molar-refractivity contribution in [3.05, 3.63) is 0 Å². The van der Waals surface area contributed by atoms with Crippen molar-refractivity contribution in [2.45, 2.75) is 60.2 Å². The normalized spacial score (nSPS) is 20.5. The van der Waals surface area contributed by atoms with Gasteiger partial charge in [-0.3, -0.25) is 0 Å². The molecule has 0 aliphatic heterocycles. The summed E-state index contributed by atoms with van der Waals surface area (Å²) in [7, 11) is 6.04. The van der Waals surface area contributed by atoms with Gasteiger partial charge in [0, 0.05) is 0 Å². The molecular weight excluding hydrogens is 167 g/mol. The van der Waals surface area contributed by atoms with Crippen LogP contribution in [0.2, 0.25) is 5.82 Å². The molecule has 0 spiro atoms. The SMILES string of the molecule is [B]C(C)C(CC)C(C)C(CC)C(C)C. The summed E-state index contributed by atoms with van der Waals surface area (Å²) in [5, 5.41) is 0. The van der Waals surface area contributed by atoms with E-state index < -0.39 is 0 Å². The monoisotopic (exact) mass is 194 g/mol. The Morgan fingerprint density at radius 3 is 1.50 bits per heavy atom. The summed E-state index contributed by atoms with van der Waals surface area (Å²) >= 11 is 0. The molecule has 0 saturated carbocycles. The van der Waals surface area contributed by atoms with Crippen LogP contribution in [0.3, 0.4) is 0 Å². The Labute approximate surface area is 92.3 Å². The van der Waals surface area contributed by atoms with Crippen LogP contribution in [0.15, 0.2) is 0 Å². The van der Waals surface area contributed by atoms with Crippen LogP contribution in [0.4, 0.5) is 0 Å². The Morgan fingerprint density at radius 2 is 1.29 bits per heavy atom. The van der Waals surface area contributed by atoms with Gasteiger partial charge < -0.3 is 0 Å². The van der Waals surface area contributed by atoms with Gasteiger partial charge in [-0.25, -0.2) is 0 Å². The molecule has 1 heteroatoms. The predicted octanol–water partition coefficient (Wildman–Crippen LogP) is 4.31.